The van der Waals surface area contributed by atoms with Crippen LogP contribution in [0.4, 0.5) is 11.5 Å². The molecule has 7 heteroatoms. The highest BCUT2D eigenvalue weighted by Gasteiger charge is 2.12. The molecule has 1 heterocycles. The van der Waals surface area contributed by atoms with Gasteiger partial charge in [-0.25, -0.2) is 9.97 Å². The van der Waals surface area contributed by atoms with Crippen molar-refractivity contribution in [3.8, 4) is 0 Å². The lowest BCUT2D eigenvalue weighted by Crippen LogP contribution is -2.28. The smallest absolute Gasteiger partial charge is 0.270 e. The summed E-state index contributed by atoms with van der Waals surface area (Å²) in [5.74, 6) is 0.748. The molecule has 1 amide bonds. The zero-order chi connectivity index (χ0) is 17.7. The van der Waals surface area contributed by atoms with Crippen LogP contribution in [0.2, 0.25) is 5.02 Å². The minimum absolute atomic E-state index is 0.271. The van der Waals surface area contributed by atoms with E-state index in [1.807, 2.05) is 26.0 Å². The van der Waals surface area contributed by atoms with Crippen LogP contribution in [-0.4, -0.2) is 36.1 Å². The second kappa shape index (κ2) is 8.08. The molecule has 6 nitrogen and oxygen atoms in total. The third-order valence-electron chi connectivity index (χ3n) is 3.35. The molecule has 24 heavy (non-hydrogen) atoms. The number of hydrogen-bond acceptors (Lipinski definition) is 5. The number of carbonyl (C=O) groups is 1. The number of rotatable bonds is 6. The van der Waals surface area contributed by atoms with E-state index in [4.69, 9.17) is 16.3 Å². The Hall–Kier alpha value is -2.18. The molecule has 0 aliphatic heterocycles. The number of hydrogen-bond donors (Lipinski definition) is 2. The third kappa shape index (κ3) is 4.66. The van der Waals surface area contributed by atoms with Crippen LogP contribution >= 0.6 is 11.6 Å². The van der Waals surface area contributed by atoms with Gasteiger partial charge in [0.25, 0.3) is 5.91 Å². The van der Waals surface area contributed by atoms with Crippen molar-refractivity contribution in [1.29, 1.82) is 0 Å². The van der Waals surface area contributed by atoms with Gasteiger partial charge in [0.05, 0.1) is 17.3 Å². The van der Waals surface area contributed by atoms with Gasteiger partial charge in [-0.15, -0.1) is 0 Å². The molecule has 2 N–H and O–H groups in total. The van der Waals surface area contributed by atoms with E-state index >= 15 is 0 Å². The molecule has 0 radical (unpaired) electrons. The number of aryl methyl sites for hydroxylation is 3. The Labute approximate surface area is 146 Å². The molecular weight excluding hydrogens is 328 g/mol. The Bertz CT molecular complexity index is 726. The van der Waals surface area contributed by atoms with Crippen molar-refractivity contribution < 1.29 is 9.53 Å². The van der Waals surface area contributed by atoms with Crippen LogP contribution in [0.3, 0.4) is 0 Å². The Morgan fingerprint density at radius 3 is 2.62 bits per heavy atom. The molecule has 1 aromatic carbocycles. The summed E-state index contributed by atoms with van der Waals surface area (Å²) in [4.78, 5) is 20.6. The van der Waals surface area contributed by atoms with Crippen LogP contribution in [0.15, 0.2) is 18.2 Å². The predicted octanol–water partition coefficient (Wildman–Crippen LogP) is 3.18. The average molecular weight is 349 g/mol. The lowest BCUT2D eigenvalue weighted by atomic mass is 10.1. The molecule has 128 valence electrons. The van der Waals surface area contributed by atoms with Crippen LogP contribution < -0.4 is 10.6 Å². The highest BCUT2D eigenvalue weighted by molar-refractivity contribution is 6.33. The Kier molecular flexibility index (Phi) is 6.11. The van der Waals surface area contributed by atoms with Gasteiger partial charge in [-0.1, -0.05) is 17.7 Å². The Morgan fingerprint density at radius 1 is 1.21 bits per heavy atom. The van der Waals surface area contributed by atoms with Crippen molar-refractivity contribution in [1.82, 2.24) is 15.3 Å². The first-order valence-corrected chi connectivity index (χ1v) is 7.95. The zero-order valence-corrected chi connectivity index (χ0v) is 15.0. The molecule has 0 aliphatic rings. The van der Waals surface area contributed by atoms with Crippen molar-refractivity contribution in [2.45, 2.75) is 20.8 Å². The highest BCUT2D eigenvalue weighted by atomic mass is 35.5. The summed E-state index contributed by atoms with van der Waals surface area (Å²) >= 11 is 6.31. The van der Waals surface area contributed by atoms with Crippen molar-refractivity contribution in [2.75, 3.05) is 25.6 Å². The van der Waals surface area contributed by atoms with Crippen LogP contribution in [-0.2, 0) is 4.74 Å². The van der Waals surface area contributed by atoms with Gasteiger partial charge in [-0.05, 0) is 38.0 Å². The number of nitrogens with one attached hydrogen (secondary N) is 2. The normalized spacial score (nSPS) is 10.5. The van der Waals surface area contributed by atoms with Crippen molar-refractivity contribution >= 4 is 29.0 Å². The van der Waals surface area contributed by atoms with E-state index in [0.717, 1.165) is 16.8 Å². The molecule has 0 aliphatic carbocycles. The lowest BCUT2D eigenvalue weighted by molar-refractivity contribution is 0.0932. The largest absolute Gasteiger partial charge is 0.383 e. The molecule has 0 atom stereocenters. The number of halogens is 1. The molecule has 0 saturated heterocycles. The minimum Gasteiger partial charge on any atom is -0.383 e. The fraction of sp³-hybridized carbons (Fsp3) is 0.353. The highest BCUT2D eigenvalue weighted by Crippen LogP contribution is 2.29. The number of methoxy groups -OCH3 is 1. The van der Waals surface area contributed by atoms with E-state index in [2.05, 4.69) is 20.6 Å². The maximum absolute atomic E-state index is 12.1. The molecular formula is C17H21ClN4O2. The molecule has 0 bridgehead atoms. The van der Waals surface area contributed by atoms with Crippen molar-refractivity contribution in [3.05, 3.63) is 45.9 Å². The van der Waals surface area contributed by atoms with Crippen LogP contribution in [0.5, 0.6) is 0 Å². The van der Waals surface area contributed by atoms with Gasteiger partial charge in [-0.2, -0.15) is 0 Å². The standard InChI is InChI=1S/C17H21ClN4O2/c1-10-7-11(2)16(13(18)8-10)22-15-9-14(20-12(3)21-15)17(23)19-5-6-24-4/h7-9H,5-6H2,1-4H3,(H,19,23)(H,20,21,22). The fourth-order valence-electron chi connectivity index (χ4n) is 2.31. The number of aromatic nitrogens is 2. The summed E-state index contributed by atoms with van der Waals surface area (Å²) in [6, 6.07) is 5.51. The number of benzene rings is 1. The first-order valence-electron chi connectivity index (χ1n) is 7.57. The summed E-state index contributed by atoms with van der Waals surface area (Å²) in [5, 5.41) is 6.53. The second-order valence-corrected chi connectivity index (χ2v) is 5.91. The lowest BCUT2D eigenvalue weighted by Gasteiger charge is -2.13. The Morgan fingerprint density at radius 2 is 1.96 bits per heavy atom. The molecule has 2 aromatic rings. The molecule has 0 spiro atoms. The number of ether oxygens (including phenoxy) is 1. The number of anilines is 2. The second-order valence-electron chi connectivity index (χ2n) is 5.50. The minimum atomic E-state index is -0.271. The van der Waals surface area contributed by atoms with Crippen LogP contribution in [0, 0.1) is 20.8 Å². The van der Waals surface area contributed by atoms with Crippen LogP contribution in [0.1, 0.15) is 27.4 Å². The maximum Gasteiger partial charge on any atom is 0.270 e. The summed E-state index contributed by atoms with van der Waals surface area (Å²) in [6.07, 6.45) is 0. The first kappa shape index (κ1) is 18.2. The summed E-state index contributed by atoms with van der Waals surface area (Å²) in [6.45, 7) is 6.55. The topological polar surface area (TPSA) is 76.1 Å². The van der Waals surface area contributed by atoms with E-state index in [9.17, 15) is 4.79 Å². The van der Waals surface area contributed by atoms with Gasteiger partial charge in [-0.3, -0.25) is 4.79 Å². The fourth-order valence-corrected chi connectivity index (χ4v) is 2.68. The van der Waals surface area contributed by atoms with E-state index in [1.54, 1.807) is 20.1 Å². The predicted molar refractivity (Wildman–Crippen MR) is 95.2 cm³/mol. The summed E-state index contributed by atoms with van der Waals surface area (Å²) in [5.41, 5.74) is 3.15. The van der Waals surface area contributed by atoms with E-state index in [1.165, 1.54) is 0 Å². The molecule has 0 unspecified atom stereocenters. The quantitative estimate of drug-likeness (QED) is 0.784. The van der Waals surface area contributed by atoms with Gasteiger partial charge in [0.1, 0.15) is 17.3 Å². The first-order chi connectivity index (χ1) is 11.4. The maximum atomic E-state index is 12.1. The van der Waals surface area contributed by atoms with Crippen molar-refractivity contribution in [2.24, 2.45) is 0 Å². The SMILES string of the molecule is COCCNC(=O)c1cc(Nc2c(C)cc(C)cc2Cl)nc(C)n1. The molecule has 0 saturated carbocycles. The van der Waals surface area contributed by atoms with E-state index < -0.39 is 0 Å². The van der Waals surface area contributed by atoms with Crippen molar-refractivity contribution in [3.63, 3.8) is 0 Å². The van der Waals surface area contributed by atoms with Gasteiger partial charge >= 0.3 is 0 Å². The van der Waals surface area contributed by atoms with E-state index in [-0.39, 0.29) is 5.91 Å². The molecule has 1 aromatic heterocycles. The Balaban J connectivity index is 2.24. The van der Waals surface area contributed by atoms with Gasteiger partial charge in [0.15, 0.2) is 0 Å². The number of amides is 1. The van der Waals surface area contributed by atoms with Gasteiger partial charge in [0, 0.05) is 19.7 Å². The molecule has 2 rings (SSSR count). The third-order valence-corrected chi connectivity index (χ3v) is 3.65. The summed E-state index contributed by atoms with van der Waals surface area (Å²) < 4.78 is 4.92. The van der Waals surface area contributed by atoms with Gasteiger partial charge in [0.2, 0.25) is 0 Å². The monoisotopic (exact) mass is 348 g/mol. The van der Waals surface area contributed by atoms with Crippen LogP contribution in [0.25, 0.3) is 0 Å². The number of carbonyl (C=O) groups excluding carboxylic acids is 1. The molecule has 0 fully saturated rings. The zero-order valence-electron chi connectivity index (χ0n) is 14.2. The summed E-state index contributed by atoms with van der Waals surface area (Å²) in [7, 11) is 1.58. The number of nitrogens with zero attached hydrogens (tertiary/aromatic N) is 2. The average Bonchev–Trinajstić information content (AvgIpc) is 2.50. The van der Waals surface area contributed by atoms with Gasteiger partial charge < -0.3 is 15.4 Å². The van der Waals surface area contributed by atoms with E-state index in [0.29, 0.717) is 35.5 Å².